The van der Waals surface area contributed by atoms with Gasteiger partial charge in [-0.15, -0.1) is 11.3 Å². The number of fused-ring (bicyclic) bond motifs is 1. The Hall–Kier alpha value is -1.99. The highest BCUT2D eigenvalue weighted by molar-refractivity contribution is 7.18. The van der Waals surface area contributed by atoms with Crippen LogP contribution in [0, 0.1) is 5.92 Å². The van der Waals surface area contributed by atoms with Crippen LogP contribution in [-0.2, 0) is 9.59 Å². The SMILES string of the molecule is CC1CCC(c2ccc3sc(C4CCC(N(C)C)CC4)nc3c2)N(C(=O)C(N)=O)C1. The van der Waals surface area contributed by atoms with Crippen LogP contribution in [0.1, 0.15) is 68.0 Å². The Bertz CT molecular complexity index is 932. The van der Waals surface area contributed by atoms with Crippen LogP contribution in [0.3, 0.4) is 0 Å². The van der Waals surface area contributed by atoms with Gasteiger partial charge in [0.15, 0.2) is 0 Å². The lowest BCUT2D eigenvalue weighted by molar-refractivity contribution is -0.147. The van der Waals surface area contributed by atoms with Gasteiger partial charge in [-0.05, 0) is 76.2 Å². The summed E-state index contributed by atoms with van der Waals surface area (Å²) < 4.78 is 1.19. The first-order valence-corrected chi connectivity index (χ1v) is 11.8. The van der Waals surface area contributed by atoms with Crippen molar-refractivity contribution in [1.82, 2.24) is 14.8 Å². The standard InChI is InChI=1S/C23H32N4O2S/c1-14-4-10-19(27(13-14)23(29)21(24)28)16-7-11-20-18(12-16)25-22(30-20)15-5-8-17(9-6-15)26(2)3/h7,11-12,14-15,17,19H,4-6,8-10,13H2,1-3H3,(H2,24,28). The molecule has 1 saturated carbocycles. The molecular weight excluding hydrogens is 396 g/mol. The number of piperidine rings is 1. The number of aromatic nitrogens is 1. The van der Waals surface area contributed by atoms with Gasteiger partial charge in [-0.3, -0.25) is 9.59 Å². The van der Waals surface area contributed by atoms with Crippen molar-refractivity contribution >= 4 is 33.4 Å². The minimum Gasteiger partial charge on any atom is -0.361 e. The molecule has 7 heteroatoms. The van der Waals surface area contributed by atoms with E-state index in [1.165, 1.54) is 35.4 Å². The summed E-state index contributed by atoms with van der Waals surface area (Å²) in [6.45, 7) is 2.68. The summed E-state index contributed by atoms with van der Waals surface area (Å²) in [7, 11) is 4.34. The maximum atomic E-state index is 12.4. The molecule has 2 amide bonds. The molecule has 1 saturated heterocycles. The van der Waals surface area contributed by atoms with Gasteiger partial charge in [-0.1, -0.05) is 13.0 Å². The Morgan fingerprint density at radius 1 is 1.13 bits per heavy atom. The number of hydrogen-bond acceptors (Lipinski definition) is 5. The summed E-state index contributed by atoms with van der Waals surface area (Å²) >= 11 is 1.80. The summed E-state index contributed by atoms with van der Waals surface area (Å²) in [5.74, 6) is -0.537. The zero-order valence-corrected chi connectivity index (χ0v) is 19.0. The molecule has 2 heterocycles. The smallest absolute Gasteiger partial charge is 0.312 e. The molecule has 1 aromatic heterocycles. The maximum absolute atomic E-state index is 12.4. The molecule has 30 heavy (non-hydrogen) atoms. The highest BCUT2D eigenvalue weighted by atomic mass is 32.1. The summed E-state index contributed by atoms with van der Waals surface area (Å²) in [5, 5.41) is 1.24. The molecule has 2 N–H and O–H groups in total. The van der Waals surface area contributed by atoms with E-state index in [9.17, 15) is 9.59 Å². The number of likely N-dealkylation sites (tertiary alicyclic amines) is 1. The van der Waals surface area contributed by atoms with Crippen molar-refractivity contribution in [2.45, 2.75) is 63.5 Å². The molecule has 0 spiro atoms. The number of carbonyl (C=O) groups is 2. The number of nitrogens with two attached hydrogens (primary N) is 1. The van der Waals surface area contributed by atoms with Crippen LogP contribution in [0.4, 0.5) is 0 Å². The highest BCUT2D eigenvalue weighted by Gasteiger charge is 2.33. The Morgan fingerprint density at radius 2 is 1.87 bits per heavy atom. The first kappa shape index (κ1) is 21.2. The van der Waals surface area contributed by atoms with Crippen LogP contribution in [0.2, 0.25) is 0 Å². The van der Waals surface area contributed by atoms with E-state index < -0.39 is 11.8 Å². The van der Waals surface area contributed by atoms with Crippen molar-refractivity contribution in [2.24, 2.45) is 11.7 Å². The third-order valence-corrected chi connectivity index (χ3v) is 8.08. The number of benzene rings is 1. The summed E-state index contributed by atoms with van der Waals surface area (Å²) in [6.07, 6.45) is 6.71. The quantitative estimate of drug-likeness (QED) is 0.757. The fourth-order valence-electron chi connectivity index (χ4n) is 5.05. The number of amides is 2. The van der Waals surface area contributed by atoms with Crippen molar-refractivity contribution in [2.75, 3.05) is 20.6 Å². The lowest BCUT2D eigenvalue weighted by Gasteiger charge is -2.38. The highest BCUT2D eigenvalue weighted by Crippen LogP contribution is 2.39. The van der Waals surface area contributed by atoms with Crippen LogP contribution < -0.4 is 5.73 Å². The summed E-state index contributed by atoms with van der Waals surface area (Å²) in [4.78, 5) is 33.0. The van der Waals surface area contributed by atoms with Gasteiger partial charge in [-0.2, -0.15) is 0 Å². The molecule has 4 rings (SSSR count). The zero-order chi connectivity index (χ0) is 21.4. The molecule has 162 valence electrons. The number of hydrogen-bond donors (Lipinski definition) is 1. The number of rotatable bonds is 3. The Kier molecular flexibility index (Phi) is 6.11. The zero-order valence-electron chi connectivity index (χ0n) is 18.1. The third-order valence-electron chi connectivity index (χ3n) is 6.88. The Labute approximate surface area is 182 Å². The predicted octanol–water partition coefficient (Wildman–Crippen LogP) is 3.67. The van der Waals surface area contributed by atoms with Crippen molar-refractivity contribution < 1.29 is 9.59 Å². The first-order valence-electron chi connectivity index (χ1n) is 11.0. The van der Waals surface area contributed by atoms with Crippen LogP contribution >= 0.6 is 11.3 Å². The van der Waals surface area contributed by atoms with Crippen molar-refractivity contribution in [1.29, 1.82) is 0 Å². The fraction of sp³-hybridized carbons (Fsp3) is 0.609. The number of carbonyl (C=O) groups excluding carboxylic acids is 2. The van der Waals surface area contributed by atoms with E-state index in [0.29, 0.717) is 24.4 Å². The Balaban J connectivity index is 1.56. The van der Waals surface area contributed by atoms with Gasteiger partial charge in [0, 0.05) is 18.5 Å². The van der Waals surface area contributed by atoms with E-state index >= 15 is 0 Å². The van der Waals surface area contributed by atoms with Gasteiger partial charge in [0.2, 0.25) is 0 Å². The van der Waals surface area contributed by atoms with E-state index in [0.717, 1.165) is 23.9 Å². The lowest BCUT2D eigenvalue weighted by Crippen LogP contribution is -2.46. The molecule has 0 radical (unpaired) electrons. The van der Waals surface area contributed by atoms with E-state index in [1.807, 2.05) is 0 Å². The molecule has 6 nitrogen and oxygen atoms in total. The third kappa shape index (κ3) is 4.23. The topological polar surface area (TPSA) is 79.5 Å². The molecule has 2 aliphatic rings. The average molecular weight is 429 g/mol. The molecule has 1 aliphatic heterocycles. The molecular formula is C23H32N4O2S. The molecule has 1 aliphatic carbocycles. The van der Waals surface area contributed by atoms with E-state index in [1.54, 1.807) is 16.2 Å². The molecule has 0 bridgehead atoms. The van der Waals surface area contributed by atoms with Crippen molar-refractivity contribution in [3.8, 4) is 0 Å². The predicted molar refractivity (Wildman–Crippen MR) is 120 cm³/mol. The molecule has 1 aromatic carbocycles. The maximum Gasteiger partial charge on any atom is 0.312 e. The van der Waals surface area contributed by atoms with Crippen LogP contribution in [0.5, 0.6) is 0 Å². The summed E-state index contributed by atoms with van der Waals surface area (Å²) in [5.41, 5.74) is 7.37. The van der Waals surface area contributed by atoms with Crippen LogP contribution in [0.15, 0.2) is 18.2 Å². The van der Waals surface area contributed by atoms with Gasteiger partial charge in [0.05, 0.1) is 21.3 Å². The fourth-order valence-corrected chi connectivity index (χ4v) is 6.17. The summed E-state index contributed by atoms with van der Waals surface area (Å²) in [6, 6.07) is 6.91. The number of nitrogens with zero attached hydrogens (tertiary/aromatic N) is 3. The van der Waals surface area contributed by atoms with Crippen LogP contribution in [0.25, 0.3) is 10.2 Å². The minimum absolute atomic E-state index is 0.105. The largest absolute Gasteiger partial charge is 0.361 e. The number of primary amides is 1. The van der Waals surface area contributed by atoms with Crippen molar-refractivity contribution in [3.63, 3.8) is 0 Å². The molecule has 2 fully saturated rings. The van der Waals surface area contributed by atoms with Gasteiger partial charge >= 0.3 is 11.8 Å². The monoisotopic (exact) mass is 428 g/mol. The molecule has 2 unspecified atom stereocenters. The van der Waals surface area contributed by atoms with E-state index in [4.69, 9.17) is 10.7 Å². The second-order valence-corrected chi connectivity index (χ2v) is 10.3. The van der Waals surface area contributed by atoms with Gasteiger partial charge in [0.1, 0.15) is 0 Å². The van der Waals surface area contributed by atoms with Crippen molar-refractivity contribution in [3.05, 3.63) is 28.8 Å². The second kappa shape index (κ2) is 8.63. The van der Waals surface area contributed by atoms with E-state index in [2.05, 4.69) is 44.1 Å². The second-order valence-electron chi connectivity index (χ2n) is 9.27. The average Bonchev–Trinajstić information content (AvgIpc) is 3.16. The van der Waals surface area contributed by atoms with Crippen LogP contribution in [-0.4, -0.2) is 53.3 Å². The van der Waals surface area contributed by atoms with E-state index in [-0.39, 0.29) is 6.04 Å². The normalized spacial score (nSPS) is 27.5. The van der Waals surface area contributed by atoms with Gasteiger partial charge < -0.3 is 15.5 Å². The number of thiazole rings is 1. The van der Waals surface area contributed by atoms with Gasteiger partial charge in [-0.25, -0.2) is 4.98 Å². The first-order chi connectivity index (χ1) is 14.3. The lowest BCUT2D eigenvalue weighted by atomic mass is 9.86. The molecule has 2 aromatic rings. The Morgan fingerprint density at radius 3 is 2.53 bits per heavy atom. The minimum atomic E-state index is -0.876. The molecule has 2 atom stereocenters. The van der Waals surface area contributed by atoms with Gasteiger partial charge in [0.25, 0.3) is 0 Å².